The minimum atomic E-state index is -0.0445. The van der Waals surface area contributed by atoms with Crippen molar-refractivity contribution in [1.29, 1.82) is 0 Å². The fourth-order valence-corrected chi connectivity index (χ4v) is 5.07. The Morgan fingerprint density at radius 1 is 1.28 bits per heavy atom. The Morgan fingerprint density at radius 2 is 2.06 bits per heavy atom. The van der Waals surface area contributed by atoms with Crippen LogP contribution in [0, 0.1) is 5.92 Å². The lowest BCUT2D eigenvalue weighted by molar-refractivity contribution is -0.134. The molecule has 176 valence electrons. The van der Waals surface area contributed by atoms with Crippen molar-refractivity contribution in [2.75, 3.05) is 46.4 Å². The molecule has 0 radical (unpaired) electrons. The summed E-state index contributed by atoms with van der Waals surface area (Å²) in [6.07, 6.45) is 5.41. The van der Waals surface area contributed by atoms with Crippen LogP contribution in [0.15, 0.2) is 30.5 Å². The van der Waals surface area contributed by atoms with Crippen LogP contribution >= 0.6 is 12.4 Å². The van der Waals surface area contributed by atoms with Gasteiger partial charge in [-0.25, -0.2) is 0 Å². The number of morpholine rings is 1. The molecule has 2 aliphatic heterocycles. The third-order valence-corrected chi connectivity index (χ3v) is 6.77. The summed E-state index contributed by atoms with van der Waals surface area (Å²) in [5.41, 5.74) is 5.21. The summed E-state index contributed by atoms with van der Waals surface area (Å²) in [5, 5.41) is 4.59. The molecule has 1 aromatic heterocycles. The average molecular weight is 461 g/mol. The standard InChI is InChI=1S/C20H25N3O.C5H11NO.ClH/c1-4-23(5-2)20(24)14-9-16-15-7-6-8-17-19(15)13(11-21-17)10-18(16)22(3)12-14;1-5-4-7-3-2-6-5;/h6-9,11,14,18,21H,4-5,10,12H2,1-3H3;5-6H,2-4H2,1H3;1H/t14-,18-;;/m1../s1. The van der Waals surface area contributed by atoms with Crippen LogP contribution in [0.5, 0.6) is 0 Å². The first-order chi connectivity index (χ1) is 15.0. The van der Waals surface area contributed by atoms with Gasteiger partial charge in [-0.15, -0.1) is 12.4 Å². The maximum absolute atomic E-state index is 12.9. The van der Waals surface area contributed by atoms with E-state index in [1.807, 2.05) is 4.90 Å². The second kappa shape index (κ2) is 10.8. The molecule has 6 nitrogen and oxygen atoms in total. The van der Waals surface area contributed by atoms with Crippen molar-refractivity contribution in [2.45, 2.75) is 39.3 Å². The Hall–Kier alpha value is -1.86. The Bertz CT molecular complexity index is 947. The lowest BCUT2D eigenvalue weighted by Crippen LogP contribution is -2.47. The molecular weight excluding hydrogens is 424 g/mol. The highest BCUT2D eigenvalue weighted by atomic mass is 35.5. The zero-order valence-electron chi connectivity index (χ0n) is 19.7. The van der Waals surface area contributed by atoms with Crippen molar-refractivity contribution in [2.24, 2.45) is 5.92 Å². The number of carbonyl (C=O) groups is 1. The number of nitrogens with one attached hydrogen (secondary N) is 2. The number of hydrogen-bond donors (Lipinski definition) is 2. The summed E-state index contributed by atoms with van der Waals surface area (Å²) >= 11 is 0. The van der Waals surface area contributed by atoms with Gasteiger partial charge in [0.15, 0.2) is 0 Å². The fraction of sp³-hybridized carbons (Fsp3) is 0.560. The highest BCUT2D eigenvalue weighted by Crippen LogP contribution is 2.40. The fourth-order valence-electron chi connectivity index (χ4n) is 5.07. The summed E-state index contributed by atoms with van der Waals surface area (Å²) < 4.78 is 5.12. The van der Waals surface area contributed by atoms with Crippen LogP contribution in [0.2, 0.25) is 0 Å². The molecule has 2 N–H and O–H groups in total. The third-order valence-electron chi connectivity index (χ3n) is 6.77. The second-order valence-electron chi connectivity index (χ2n) is 8.87. The molecule has 2 aromatic rings. The molecular formula is C25H37ClN4O2. The van der Waals surface area contributed by atoms with Crippen LogP contribution in [-0.4, -0.2) is 79.2 Å². The van der Waals surface area contributed by atoms with E-state index < -0.39 is 0 Å². The molecule has 5 rings (SSSR count). The molecule has 3 atom stereocenters. The third kappa shape index (κ3) is 4.88. The first-order valence-electron chi connectivity index (χ1n) is 11.6. The molecule has 1 amide bonds. The summed E-state index contributed by atoms with van der Waals surface area (Å²) in [7, 11) is 2.15. The summed E-state index contributed by atoms with van der Waals surface area (Å²) in [5.74, 6) is 0.210. The molecule has 1 fully saturated rings. The number of nitrogens with zero attached hydrogens (tertiary/aromatic N) is 2. The number of carbonyl (C=O) groups excluding carboxylic acids is 1. The highest BCUT2D eigenvalue weighted by Gasteiger charge is 2.36. The van der Waals surface area contributed by atoms with Gasteiger partial charge in [0.25, 0.3) is 0 Å². The van der Waals surface area contributed by atoms with E-state index in [4.69, 9.17) is 4.74 Å². The molecule has 3 heterocycles. The number of fused-ring (bicyclic) bond motifs is 2. The predicted octanol–water partition coefficient (Wildman–Crippen LogP) is 3.32. The van der Waals surface area contributed by atoms with Crippen LogP contribution in [0.25, 0.3) is 16.5 Å². The van der Waals surface area contributed by atoms with E-state index in [1.54, 1.807) is 0 Å². The van der Waals surface area contributed by atoms with Gasteiger partial charge in [0.2, 0.25) is 5.91 Å². The summed E-state index contributed by atoms with van der Waals surface area (Å²) in [6, 6.07) is 7.38. The number of hydrogen-bond acceptors (Lipinski definition) is 4. The molecule has 3 aliphatic rings. The highest BCUT2D eigenvalue weighted by molar-refractivity contribution is 5.99. The largest absolute Gasteiger partial charge is 0.379 e. The molecule has 0 bridgehead atoms. The number of benzene rings is 1. The van der Waals surface area contributed by atoms with Gasteiger partial charge in [-0.05, 0) is 57.0 Å². The average Bonchev–Trinajstić information content (AvgIpc) is 3.20. The summed E-state index contributed by atoms with van der Waals surface area (Å²) in [6.45, 7) is 11.4. The number of aromatic amines is 1. The molecule has 1 unspecified atom stereocenters. The maximum Gasteiger partial charge on any atom is 0.230 e. The van der Waals surface area contributed by atoms with Crippen molar-refractivity contribution < 1.29 is 9.53 Å². The van der Waals surface area contributed by atoms with Crippen LogP contribution in [-0.2, 0) is 16.0 Å². The van der Waals surface area contributed by atoms with Gasteiger partial charge in [0, 0.05) is 55.4 Å². The summed E-state index contributed by atoms with van der Waals surface area (Å²) in [4.78, 5) is 20.6. The normalized spacial score (nSPS) is 24.5. The van der Waals surface area contributed by atoms with Crippen molar-refractivity contribution in [3.05, 3.63) is 41.6 Å². The van der Waals surface area contributed by atoms with Crippen LogP contribution < -0.4 is 5.32 Å². The van der Waals surface area contributed by atoms with Crippen molar-refractivity contribution >= 4 is 34.8 Å². The van der Waals surface area contributed by atoms with Gasteiger partial charge >= 0.3 is 0 Å². The van der Waals surface area contributed by atoms with Crippen LogP contribution in [0.4, 0.5) is 0 Å². The Balaban J connectivity index is 0.000000311. The zero-order chi connectivity index (χ0) is 22.0. The molecule has 1 aromatic carbocycles. The second-order valence-corrected chi connectivity index (χ2v) is 8.87. The van der Waals surface area contributed by atoms with E-state index in [0.29, 0.717) is 12.1 Å². The van der Waals surface area contributed by atoms with E-state index >= 15 is 0 Å². The van der Waals surface area contributed by atoms with Crippen LogP contribution in [0.1, 0.15) is 31.9 Å². The molecule has 0 saturated carbocycles. The number of ether oxygens (including phenoxy) is 1. The van der Waals surface area contributed by atoms with Crippen molar-refractivity contribution in [3.63, 3.8) is 0 Å². The van der Waals surface area contributed by atoms with Gasteiger partial charge in [-0.3, -0.25) is 9.69 Å². The minimum Gasteiger partial charge on any atom is -0.379 e. The van der Waals surface area contributed by atoms with E-state index in [-0.39, 0.29) is 24.2 Å². The molecule has 1 saturated heterocycles. The topological polar surface area (TPSA) is 60.6 Å². The van der Waals surface area contributed by atoms with Gasteiger partial charge in [0.05, 0.1) is 19.1 Å². The predicted molar refractivity (Wildman–Crippen MR) is 133 cm³/mol. The number of rotatable bonds is 3. The monoisotopic (exact) mass is 460 g/mol. The maximum atomic E-state index is 12.9. The van der Waals surface area contributed by atoms with E-state index in [1.165, 1.54) is 27.6 Å². The Labute approximate surface area is 197 Å². The van der Waals surface area contributed by atoms with Crippen molar-refractivity contribution in [1.82, 2.24) is 20.1 Å². The first kappa shape index (κ1) is 24.8. The molecule has 0 spiro atoms. The van der Waals surface area contributed by atoms with Gasteiger partial charge in [-0.2, -0.15) is 0 Å². The van der Waals surface area contributed by atoms with Gasteiger partial charge < -0.3 is 19.9 Å². The molecule has 7 heteroatoms. The first-order valence-corrected chi connectivity index (χ1v) is 11.6. The number of aromatic nitrogens is 1. The number of H-pyrrole nitrogens is 1. The van der Waals surface area contributed by atoms with Crippen LogP contribution in [0.3, 0.4) is 0 Å². The number of halogens is 1. The van der Waals surface area contributed by atoms with E-state index in [9.17, 15) is 4.79 Å². The SMILES string of the molecule is CC1COCCN1.CCN(CC)C(=O)[C@@H]1C=C2c3cccc4[nH]cc(c34)C[C@H]2N(C)C1.Cl. The lowest BCUT2D eigenvalue weighted by atomic mass is 9.79. The van der Waals surface area contributed by atoms with E-state index in [0.717, 1.165) is 45.8 Å². The van der Waals surface area contributed by atoms with Crippen molar-refractivity contribution in [3.8, 4) is 0 Å². The lowest BCUT2D eigenvalue weighted by Gasteiger charge is -2.40. The Kier molecular flexibility index (Phi) is 8.39. The number of amides is 1. The minimum absolute atomic E-state index is 0. The Morgan fingerprint density at radius 3 is 2.69 bits per heavy atom. The quantitative estimate of drug-likeness (QED) is 0.737. The van der Waals surface area contributed by atoms with Gasteiger partial charge in [0.1, 0.15) is 0 Å². The zero-order valence-corrected chi connectivity index (χ0v) is 20.5. The smallest absolute Gasteiger partial charge is 0.230 e. The molecule has 32 heavy (non-hydrogen) atoms. The van der Waals surface area contributed by atoms with Gasteiger partial charge in [-0.1, -0.05) is 18.2 Å². The van der Waals surface area contributed by atoms with E-state index in [2.05, 4.69) is 73.5 Å². The number of likely N-dealkylation sites (N-methyl/N-ethyl adjacent to an activating group) is 1. The molecule has 1 aliphatic carbocycles.